The molecule has 2 aromatic carbocycles. The van der Waals surface area contributed by atoms with E-state index in [0.717, 1.165) is 18.2 Å². The summed E-state index contributed by atoms with van der Waals surface area (Å²) in [6.45, 7) is 0. The van der Waals surface area contributed by atoms with Crippen LogP contribution in [0.5, 0.6) is 0 Å². The Labute approximate surface area is 121 Å². The number of alkyl halides is 3. The highest BCUT2D eigenvalue weighted by Gasteiger charge is 2.36. The lowest BCUT2D eigenvalue weighted by molar-refractivity contribution is -0.137. The summed E-state index contributed by atoms with van der Waals surface area (Å²) in [4.78, 5) is 0. The molecule has 1 nitrogen and oxygen atoms in total. The molecule has 2 rings (SSSR count). The van der Waals surface area contributed by atoms with Crippen molar-refractivity contribution >= 4 is 11.6 Å². The van der Waals surface area contributed by atoms with Gasteiger partial charge in [0.2, 0.25) is 0 Å². The van der Waals surface area contributed by atoms with E-state index in [1.165, 1.54) is 6.07 Å². The Bertz CT molecular complexity index is 746. The molecule has 0 atom stereocenters. The quantitative estimate of drug-likeness (QED) is 0.665. The largest absolute Gasteiger partial charge is 0.417 e. The Morgan fingerprint density at radius 2 is 1.71 bits per heavy atom. The number of benzene rings is 2. The van der Waals surface area contributed by atoms with Gasteiger partial charge in [-0.2, -0.15) is 18.4 Å². The van der Waals surface area contributed by atoms with Crippen LogP contribution in [0.2, 0.25) is 5.02 Å². The lowest BCUT2D eigenvalue weighted by Gasteiger charge is -2.15. The average molecular weight is 318 g/mol. The van der Waals surface area contributed by atoms with E-state index in [1.807, 2.05) is 0 Å². The molecule has 0 aliphatic rings. The lowest BCUT2D eigenvalue weighted by Crippen LogP contribution is -2.10. The standard InChI is InChI=1S/C14H5ClF5N/c15-8-2-3-9(11(16)5-8)12-10(14(18,19)20)4-1-7(6-21)13(12)17/h1-5H. The van der Waals surface area contributed by atoms with Gasteiger partial charge < -0.3 is 0 Å². The highest BCUT2D eigenvalue weighted by molar-refractivity contribution is 6.30. The molecular weight excluding hydrogens is 313 g/mol. The molecule has 2 aromatic rings. The molecule has 108 valence electrons. The van der Waals surface area contributed by atoms with Gasteiger partial charge in [0.1, 0.15) is 17.7 Å². The van der Waals surface area contributed by atoms with Crippen LogP contribution in [0.25, 0.3) is 11.1 Å². The molecule has 0 unspecified atom stereocenters. The Morgan fingerprint density at radius 3 is 2.24 bits per heavy atom. The minimum Gasteiger partial charge on any atom is -0.206 e. The molecule has 0 saturated heterocycles. The summed E-state index contributed by atoms with van der Waals surface area (Å²) in [5.74, 6) is -2.53. The minimum absolute atomic E-state index is 0.0401. The topological polar surface area (TPSA) is 23.8 Å². The summed E-state index contributed by atoms with van der Waals surface area (Å²) in [6, 6.07) is 5.52. The van der Waals surface area contributed by atoms with E-state index in [-0.39, 0.29) is 5.02 Å². The van der Waals surface area contributed by atoms with Gasteiger partial charge in [-0.25, -0.2) is 8.78 Å². The second-order valence-corrected chi connectivity index (χ2v) is 4.52. The van der Waals surface area contributed by atoms with Crippen molar-refractivity contribution in [2.45, 2.75) is 6.18 Å². The summed E-state index contributed by atoms with van der Waals surface area (Å²) in [6.07, 6.45) is -4.89. The van der Waals surface area contributed by atoms with E-state index in [9.17, 15) is 22.0 Å². The van der Waals surface area contributed by atoms with E-state index in [4.69, 9.17) is 16.9 Å². The van der Waals surface area contributed by atoms with Crippen molar-refractivity contribution in [3.63, 3.8) is 0 Å². The average Bonchev–Trinajstić information content (AvgIpc) is 2.38. The molecule has 7 heteroatoms. The summed E-state index contributed by atoms with van der Waals surface area (Å²) in [5, 5.41) is 8.67. The molecule has 0 heterocycles. The van der Waals surface area contributed by atoms with E-state index in [2.05, 4.69) is 0 Å². The van der Waals surface area contributed by atoms with Gasteiger partial charge in [0.05, 0.1) is 11.1 Å². The van der Waals surface area contributed by atoms with Crippen LogP contribution >= 0.6 is 11.6 Å². The highest BCUT2D eigenvalue weighted by atomic mass is 35.5. The van der Waals surface area contributed by atoms with Crippen LogP contribution in [-0.4, -0.2) is 0 Å². The molecule has 21 heavy (non-hydrogen) atoms. The smallest absolute Gasteiger partial charge is 0.206 e. The third-order valence-corrected chi connectivity index (χ3v) is 3.00. The van der Waals surface area contributed by atoms with Crippen LogP contribution < -0.4 is 0 Å². The molecule has 0 spiro atoms. The molecule has 0 aromatic heterocycles. The normalized spacial score (nSPS) is 11.3. The zero-order valence-electron chi connectivity index (χ0n) is 10.1. The van der Waals surface area contributed by atoms with Crippen LogP contribution in [0.3, 0.4) is 0 Å². The molecule has 0 N–H and O–H groups in total. The predicted molar refractivity (Wildman–Crippen MR) is 66.5 cm³/mol. The third kappa shape index (κ3) is 2.83. The second-order valence-electron chi connectivity index (χ2n) is 4.08. The van der Waals surface area contributed by atoms with E-state index >= 15 is 0 Å². The summed E-state index contributed by atoms with van der Waals surface area (Å²) in [7, 11) is 0. The highest BCUT2D eigenvalue weighted by Crippen LogP contribution is 2.40. The van der Waals surface area contributed by atoms with E-state index < -0.39 is 40.1 Å². The lowest BCUT2D eigenvalue weighted by atomic mass is 9.95. The minimum atomic E-state index is -4.89. The van der Waals surface area contributed by atoms with Gasteiger partial charge in [-0.3, -0.25) is 0 Å². The van der Waals surface area contributed by atoms with E-state index in [0.29, 0.717) is 12.1 Å². The zero-order chi connectivity index (χ0) is 15.8. The van der Waals surface area contributed by atoms with Crippen LogP contribution in [0.4, 0.5) is 22.0 Å². The van der Waals surface area contributed by atoms with Crippen molar-refractivity contribution in [2.75, 3.05) is 0 Å². The Kier molecular flexibility index (Phi) is 3.88. The number of halogens is 6. The van der Waals surface area contributed by atoms with Gasteiger partial charge in [-0.15, -0.1) is 0 Å². The van der Waals surface area contributed by atoms with Crippen molar-refractivity contribution < 1.29 is 22.0 Å². The van der Waals surface area contributed by atoms with Crippen LogP contribution in [0.1, 0.15) is 11.1 Å². The first-order valence-corrected chi connectivity index (χ1v) is 5.88. The van der Waals surface area contributed by atoms with Gasteiger partial charge >= 0.3 is 6.18 Å². The first-order valence-electron chi connectivity index (χ1n) is 5.51. The van der Waals surface area contributed by atoms with E-state index in [1.54, 1.807) is 0 Å². The molecule has 0 amide bonds. The van der Waals surface area contributed by atoms with Crippen molar-refractivity contribution in [1.29, 1.82) is 5.26 Å². The first kappa shape index (κ1) is 15.3. The SMILES string of the molecule is N#Cc1ccc(C(F)(F)F)c(-c2ccc(Cl)cc2F)c1F. The van der Waals surface area contributed by atoms with Crippen molar-refractivity contribution in [1.82, 2.24) is 0 Å². The maximum atomic E-state index is 14.1. The summed E-state index contributed by atoms with van der Waals surface area (Å²) in [5.41, 5.74) is -3.58. The van der Waals surface area contributed by atoms with Crippen molar-refractivity contribution in [3.8, 4) is 17.2 Å². The fourth-order valence-corrected chi connectivity index (χ4v) is 2.01. The molecule has 0 fully saturated rings. The fraction of sp³-hybridized carbons (Fsp3) is 0.0714. The second kappa shape index (κ2) is 5.34. The molecule has 0 radical (unpaired) electrons. The van der Waals surface area contributed by atoms with Gasteiger partial charge in [-0.05, 0) is 30.3 Å². The van der Waals surface area contributed by atoms with Crippen LogP contribution in [0, 0.1) is 23.0 Å². The molecular formula is C14H5ClF5N. The number of nitrogens with zero attached hydrogens (tertiary/aromatic N) is 1. The number of nitriles is 1. The Morgan fingerprint density at radius 1 is 1.05 bits per heavy atom. The van der Waals surface area contributed by atoms with Gasteiger partial charge in [-0.1, -0.05) is 11.6 Å². The van der Waals surface area contributed by atoms with Gasteiger partial charge in [0, 0.05) is 16.1 Å². The first-order chi connectivity index (χ1) is 9.75. The molecule has 0 aliphatic carbocycles. The van der Waals surface area contributed by atoms with Crippen LogP contribution in [0.15, 0.2) is 30.3 Å². The summed E-state index contributed by atoms with van der Waals surface area (Å²) >= 11 is 5.52. The molecule has 0 aliphatic heterocycles. The van der Waals surface area contributed by atoms with Crippen molar-refractivity contribution in [2.24, 2.45) is 0 Å². The number of hydrogen-bond donors (Lipinski definition) is 0. The zero-order valence-corrected chi connectivity index (χ0v) is 10.9. The number of hydrogen-bond acceptors (Lipinski definition) is 1. The van der Waals surface area contributed by atoms with Crippen molar-refractivity contribution in [3.05, 3.63) is 58.1 Å². The third-order valence-electron chi connectivity index (χ3n) is 2.77. The Balaban J connectivity index is 2.85. The monoisotopic (exact) mass is 317 g/mol. The predicted octanol–water partition coefficient (Wildman–Crippen LogP) is 5.18. The van der Waals surface area contributed by atoms with Gasteiger partial charge in [0.25, 0.3) is 0 Å². The molecule has 0 bridgehead atoms. The number of rotatable bonds is 1. The molecule has 0 saturated carbocycles. The fourth-order valence-electron chi connectivity index (χ4n) is 1.85. The maximum Gasteiger partial charge on any atom is 0.417 e. The maximum absolute atomic E-state index is 14.1. The van der Waals surface area contributed by atoms with Gasteiger partial charge in [0.15, 0.2) is 0 Å². The van der Waals surface area contributed by atoms with Crippen LogP contribution in [-0.2, 0) is 6.18 Å². The Hall–Kier alpha value is -2.13. The summed E-state index contributed by atoms with van der Waals surface area (Å²) < 4.78 is 66.8.